The van der Waals surface area contributed by atoms with Gasteiger partial charge in [0.1, 0.15) is 6.33 Å². The number of benzene rings is 1. The molecule has 0 spiro atoms. The van der Waals surface area contributed by atoms with E-state index >= 15 is 0 Å². The van der Waals surface area contributed by atoms with Crippen LogP contribution in [0.5, 0.6) is 0 Å². The number of amides is 1. The lowest BCUT2D eigenvalue weighted by Crippen LogP contribution is -2.43. The van der Waals surface area contributed by atoms with Crippen LogP contribution in [0.25, 0.3) is 5.69 Å². The minimum Gasteiger partial charge on any atom is -0.337 e. The Morgan fingerprint density at radius 1 is 1.29 bits per heavy atom. The maximum atomic E-state index is 12.5. The molecule has 2 aromatic rings. The molecule has 0 bridgehead atoms. The molecule has 0 atom stereocenters. The lowest BCUT2D eigenvalue weighted by molar-refractivity contribution is -0.131. The van der Waals surface area contributed by atoms with Gasteiger partial charge in [0.25, 0.3) is 0 Å². The van der Waals surface area contributed by atoms with E-state index in [9.17, 15) is 4.79 Å². The van der Waals surface area contributed by atoms with Crippen molar-refractivity contribution in [3.63, 3.8) is 0 Å². The molecule has 5 nitrogen and oxygen atoms in total. The highest BCUT2D eigenvalue weighted by Crippen LogP contribution is 2.24. The van der Waals surface area contributed by atoms with Gasteiger partial charge in [-0.15, -0.1) is 10.2 Å². The molecule has 0 aliphatic heterocycles. The Balaban J connectivity index is 2.13. The molecule has 0 fully saturated rings. The quantitative estimate of drug-likeness (QED) is 0.726. The lowest BCUT2D eigenvalue weighted by atomic mass is 10.2. The van der Waals surface area contributed by atoms with Gasteiger partial charge in [-0.1, -0.05) is 29.4 Å². The zero-order valence-corrected chi connectivity index (χ0v) is 16.2. The first-order valence-electron chi connectivity index (χ1n) is 7.91. The zero-order valence-electron chi connectivity index (χ0n) is 14.7. The number of hydrogen-bond donors (Lipinski definition) is 0. The molecular formula is C17H23ClN4OS. The number of carbonyl (C=O) groups excluding carboxylic acids is 1. The third-order valence-corrected chi connectivity index (χ3v) is 5.01. The molecule has 0 aliphatic carbocycles. The second-order valence-corrected chi connectivity index (χ2v) is 7.54. The highest BCUT2D eigenvalue weighted by Gasteiger charge is 2.21. The Bertz CT molecular complexity index is 706. The fourth-order valence-electron chi connectivity index (χ4n) is 2.60. The first-order chi connectivity index (χ1) is 11.3. The molecule has 1 aromatic carbocycles. The van der Waals surface area contributed by atoms with Crippen molar-refractivity contribution < 1.29 is 4.79 Å². The summed E-state index contributed by atoms with van der Waals surface area (Å²) in [4.78, 5) is 14.4. The molecule has 0 N–H and O–H groups in total. The minimum absolute atomic E-state index is 0.0986. The maximum absolute atomic E-state index is 12.5. The Morgan fingerprint density at radius 3 is 2.54 bits per heavy atom. The molecule has 130 valence electrons. The third-order valence-electron chi connectivity index (χ3n) is 3.68. The summed E-state index contributed by atoms with van der Waals surface area (Å²) in [7, 11) is 0. The Kier molecular flexibility index (Phi) is 6.29. The highest BCUT2D eigenvalue weighted by molar-refractivity contribution is 7.99. The molecule has 0 aliphatic rings. The van der Waals surface area contributed by atoms with Gasteiger partial charge in [-0.05, 0) is 52.3 Å². The number of rotatable bonds is 6. The van der Waals surface area contributed by atoms with E-state index in [-0.39, 0.29) is 18.0 Å². The summed E-state index contributed by atoms with van der Waals surface area (Å²) >= 11 is 7.58. The average Bonchev–Trinajstić information content (AvgIpc) is 2.95. The highest BCUT2D eigenvalue weighted by atomic mass is 35.5. The Hall–Kier alpha value is -1.53. The van der Waals surface area contributed by atoms with Gasteiger partial charge in [0, 0.05) is 17.1 Å². The summed E-state index contributed by atoms with van der Waals surface area (Å²) in [6.07, 6.45) is 1.64. The average molecular weight is 367 g/mol. The van der Waals surface area contributed by atoms with E-state index < -0.39 is 0 Å². The summed E-state index contributed by atoms with van der Waals surface area (Å²) in [6.45, 7) is 10.1. The standard InChI is InChI=1S/C17H23ClN4OS/c1-11(2)22(12(3)4)16(23)9-24-17-20-19-10-21(17)14-7-6-13(5)15(18)8-14/h6-8,10-12H,9H2,1-5H3. The van der Waals surface area contributed by atoms with Gasteiger partial charge >= 0.3 is 0 Å². The summed E-state index contributed by atoms with van der Waals surface area (Å²) in [5, 5.41) is 9.47. The van der Waals surface area contributed by atoms with E-state index in [0.29, 0.717) is 15.9 Å². The van der Waals surface area contributed by atoms with Crippen LogP contribution in [0.1, 0.15) is 33.3 Å². The number of aryl methyl sites for hydroxylation is 1. The first kappa shape index (κ1) is 18.8. The molecule has 0 saturated heterocycles. The second kappa shape index (κ2) is 8.03. The minimum atomic E-state index is 0.0986. The first-order valence-corrected chi connectivity index (χ1v) is 9.28. The van der Waals surface area contributed by atoms with Crippen LogP contribution in [0, 0.1) is 6.92 Å². The van der Waals surface area contributed by atoms with E-state index in [2.05, 4.69) is 10.2 Å². The SMILES string of the molecule is Cc1ccc(-n2cnnc2SCC(=O)N(C(C)C)C(C)C)cc1Cl. The number of nitrogens with zero attached hydrogens (tertiary/aromatic N) is 4. The van der Waals surface area contributed by atoms with Crippen molar-refractivity contribution in [3.8, 4) is 5.69 Å². The fraction of sp³-hybridized carbons (Fsp3) is 0.471. The normalized spacial score (nSPS) is 11.3. The predicted molar refractivity (Wildman–Crippen MR) is 98.9 cm³/mol. The van der Waals surface area contributed by atoms with Gasteiger partial charge in [0.2, 0.25) is 5.91 Å². The second-order valence-electron chi connectivity index (χ2n) is 6.19. The third kappa shape index (κ3) is 4.30. The molecular weight excluding hydrogens is 344 g/mol. The van der Waals surface area contributed by atoms with Gasteiger partial charge in [0.05, 0.1) is 11.4 Å². The molecule has 1 aromatic heterocycles. The van der Waals surface area contributed by atoms with Crippen LogP contribution < -0.4 is 0 Å². The van der Waals surface area contributed by atoms with Crippen LogP contribution in [0.2, 0.25) is 5.02 Å². The largest absolute Gasteiger partial charge is 0.337 e. The Labute approximate surface area is 152 Å². The lowest BCUT2D eigenvalue weighted by Gasteiger charge is -2.30. The summed E-state index contributed by atoms with van der Waals surface area (Å²) in [6, 6.07) is 6.14. The van der Waals surface area contributed by atoms with Gasteiger partial charge in [-0.2, -0.15) is 0 Å². The smallest absolute Gasteiger partial charge is 0.233 e. The number of hydrogen-bond acceptors (Lipinski definition) is 4. The van der Waals surface area contributed by atoms with E-state index in [1.165, 1.54) is 11.8 Å². The van der Waals surface area contributed by atoms with E-state index in [0.717, 1.165) is 11.3 Å². The topological polar surface area (TPSA) is 51.0 Å². The number of thioether (sulfide) groups is 1. The van der Waals surface area contributed by atoms with Crippen LogP contribution in [0.4, 0.5) is 0 Å². The Morgan fingerprint density at radius 2 is 1.96 bits per heavy atom. The van der Waals surface area contributed by atoms with Gasteiger partial charge in [-0.3, -0.25) is 9.36 Å². The van der Waals surface area contributed by atoms with Crippen LogP contribution in [-0.2, 0) is 4.79 Å². The molecule has 0 unspecified atom stereocenters. The zero-order chi connectivity index (χ0) is 17.9. The summed E-state index contributed by atoms with van der Waals surface area (Å²) in [5.41, 5.74) is 1.90. The van der Waals surface area contributed by atoms with E-state index in [4.69, 9.17) is 11.6 Å². The van der Waals surface area contributed by atoms with Crippen molar-refractivity contribution in [1.82, 2.24) is 19.7 Å². The van der Waals surface area contributed by atoms with Crippen molar-refractivity contribution >= 4 is 29.3 Å². The molecule has 7 heteroatoms. The van der Waals surface area contributed by atoms with Crippen LogP contribution >= 0.6 is 23.4 Å². The van der Waals surface area contributed by atoms with Crippen molar-refractivity contribution in [2.24, 2.45) is 0 Å². The molecule has 24 heavy (non-hydrogen) atoms. The summed E-state index contributed by atoms with van der Waals surface area (Å²) in [5.74, 6) is 0.427. The van der Waals surface area contributed by atoms with Gasteiger partial charge in [-0.25, -0.2) is 0 Å². The predicted octanol–water partition coefficient (Wildman–Crippen LogP) is 3.97. The van der Waals surface area contributed by atoms with Crippen molar-refractivity contribution in [2.75, 3.05) is 5.75 Å². The van der Waals surface area contributed by atoms with Gasteiger partial charge in [0.15, 0.2) is 5.16 Å². The van der Waals surface area contributed by atoms with Crippen LogP contribution in [0.3, 0.4) is 0 Å². The molecule has 1 heterocycles. The van der Waals surface area contributed by atoms with Crippen molar-refractivity contribution in [3.05, 3.63) is 35.1 Å². The maximum Gasteiger partial charge on any atom is 0.233 e. The van der Waals surface area contributed by atoms with Crippen molar-refractivity contribution in [2.45, 2.75) is 51.9 Å². The van der Waals surface area contributed by atoms with Crippen molar-refractivity contribution in [1.29, 1.82) is 0 Å². The van der Waals surface area contributed by atoms with E-state index in [1.54, 1.807) is 6.33 Å². The number of halogens is 1. The number of aromatic nitrogens is 3. The van der Waals surface area contributed by atoms with Crippen LogP contribution in [-0.4, -0.2) is 43.4 Å². The van der Waals surface area contributed by atoms with Gasteiger partial charge < -0.3 is 4.90 Å². The van der Waals surface area contributed by atoms with E-state index in [1.807, 2.05) is 62.3 Å². The van der Waals surface area contributed by atoms with Crippen LogP contribution in [0.15, 0.2) is 29.7 Å². The summed E-state index contributed by atoms with van der Waals surface area (Å²) < 4.78 is 1.85. The molecule has 1 amide bonds. The molecule has 0 saturated carbocycles. The number of carbonyl (C=O) groups is 1. The molecule has 2 rings (SSSR count). The fourth-order valence-corrected chi connectivity index (χ4v) is 3.58. The monoisotopic (exact) mass is 366 g/mol. The molecule has 0 radical (unpaired) electrons.